The van der Waals surface area contributed by atoms with Crippen LogP contribution in [0.1, 0.15) is 53.4 Å². The van der Waals surface area contributed by atoms with Crippen LogP contribution in [-0.2, 0) is 18.9 Å². The molecule has 11 atom stereocenters. The molecule has 1 aliphatic carbocycles. The van der Waals surface area contributed by atoms with Gasteiger partial charge in [0, 0.05) is 5.41 Å². The van der Waals surface area contributed by atoms with E-state index < -0.39 is 61.4 Å². The van der Waals surface area contributed by atoms with Crippen LogP contribution in [-0.4, -0.2) is 116 Å². The van der Waals surface area contributed by atoms with E-state index in [1.807, 2.05) is 20.8 Å². The summed E-state index contributed by atoms with van der Waals surface area (Å²) in [6.07, 6.45) is -10.3. The second-order valence-corrected chi connectivity index (χ2v) is 10.6. The average Bonchev–Trinajstić information content (AvgIpc) is 2.80. The third kappa shape index (κ3) is 6.42. The van der Waals surface area contributed by atoms with E-state index in [2.05, 4.69) is 6.92 Å². The fourth-order valence-electron chi connectivity index (χ4n) is 5.08. The molecule has 0 saturated carbocycles. The van der Waals surface area contributed by atoms with Crippen LogP contribution >= 0.6 is 0 Å². The van der Waals surface area contributed by atoms with Crippen molar-refractivity contribution < 1.29 is 54.7 Å². The number of hydrogen-bond donors (Lipinski definition) is 7. The van der Waals surface area contributed by atoms with Gasteiger partial charge in [-0.2, -0.15) is 0 Å². The Labute approximate surface area is 205 Å². The van der Waals surface area contributed by atoms with Crippen LogP contribution in [0.15, 0.2) is 11.1 Å². The molecule has 2 saturated heterocycles. The van der Waals surface area contributed by atoms with Crippen LogP contribution in [0.3, 0.4) is 0 Å². The van der Waals surface area contributed by atoms with Gasteiger partial charge < -0.3 is 54.7 Å². The van der Waals surface area contributed by atoms with Crippen LogP contribution in [0, 0.1) is 5.41 Å². The molecule has 0 unspecified atom stereocenters. The molecule has 0 bridgehead atoms. The van der Waals surface area contributed by atoms with Crippen LogP contribution in [0.2, 0.25) is 0 Å². The topological polar surface area (TPSA) is 179 Å². The van der Waals surface area contributed by atoms with Gasteiger partial charge in [-0.3, -0.25) is 0 Å². The molecule has 35 heavy (non-hydrogen) atoms. The Morgan fingerprint density at radius 1 is 0.943 bits per heavy atom. The maximum Gasteiger partial charge on any atom is 0.186 e. The van der Waals surface area contributed by atoms with Crippen LogP contribution in [0.4, 0.5) is 0 Å². The largest absolute Gasteiger partial charge is 0.392 e. The number of aliphatic hydroxyl groups excluding tert-OH is 7. The molecular weight excluding hydrogens is 464 g/mol. The van der Waals surface area contributed by atoms with E-state index >= 15 is 0 Å². The molecule has 3 rings (SSSR count). The minimum absolute atomic E-state index is 0.245. The normalized spacial score (nSPS) is 43.3. The molecule has 7 N–H and O–H groups in total. The minimum Gasteiger partial charge on any atom is -0.392 e. The van der Waals surface area contributed by atoms with Crippen molar-refractivity contribution in [2.45, 2.75) is 121 Å². The minimum atomic E-state index is -1.56. The standard InChI is InChI=1S/C24H42O11/c1-11-5-8-16(26)24(3,4)13(11)7-6-12(2)34-23-21(31)19(29)18(28)15(35-23)10-33-22-20(30)17(27)14(25)9-32-22/h12,14-23,25-31H,5-10H2,1-4H3/t12-,14+,15-,16-,17+,18-,19+,20-,21-,22+,23-/m1/s1. The molecule has 0 amide bonds. The van der Waals surface area contributed by atoms with Gasteiger partial charge in [0.25, 0.3) is 0 Å². The number of rotatable bonds is 8. The second-order valence-electron chi connectivity index (χ2n) is 10.6. The fourth-order valence-corrected chi connectivity index (χ4v) is 5.08. The highest BCUT2D eigenvalue weighted by atomic mass is 16.7. The zero-order valence-electron chi connectivity index (χ0n) is 20.9. The molecule has 0 aromatic carbocycles. The van der Waals surface area contributed by atoms with Crippen molar-refractivity contribution in [1.29, 1.82) is 0 Å². The van der Waals surface area contributed by atoms with Gasteiger partial charge in [0.05, 0.1) is 25.4 Å². The fraction of sp³-hybridized carbons (Fsp3) is 0.917. The zero-order chi connectivity index (χ0) is 26.1. The smallest absolute Gasteiger partial charge is 0.186 e. The highest BCUT2D eigenvalue weighted by Crippen LogP contribution is 2.43. The predicted octanol–water partition coefficient (Wildman–Crippen LogP) is -1.07. The lowest BCUT2D eigenvalue weighted by Crippen LogP contribution is -2.60. The first-order valence-electron chi connectivity index (χ1n) is 12.3. The summed E-state index contributed by atoms with van der Waals surface area (Å²) in [7, 11) is 0. The number of aliphatic hydroxyl groups is 7. The van der Waals surface area contributed by atoms with E-state index in [4.69, 9.17) is 18.9 Å². The lowest BCUT2D eigenvalue weighted by Gasteiger charge is -2.42. The highest BCUT2D eigenvalue weighted by Gasteiger charge is 2.46. The summed E-state index contributed by atoms with van der Waals surface area (Å²) >= 11 is 0. The molecule has 0 radical (unpaired) electrons. The molecule has 0 spiro atoms. The Bertz CT molecular complexity index is 728. The van der Waals surface area contributed by atoms with E-state index in [9.17, 15) is 35.7 Å². The summed E-state index contributed by atoms with van der Waals surface area (Å²) in [6.45, 7) is 7.39. The van der Waals surface area contributed by atoms with Gasteiger partial charge >= 0.3 is 0 Å². The van der Waals surface area contributed by atoms with Crippen molar-refractivity contribution in [3.63, 3.8) is 0 Å². The first-order valence-corrected chi connectivity index (χ1v) is 12.3. The van der Waals surface area contributed by atoms with Crippen LogP contribution in [0.5, 0.6) is 0 Å². The molecule has 11 nitrogen and oxygen atoms in total. The summed E-state index contributed by atoms with van der Waals surface area (Å²) in [5.74, 6) is 0. The molecular formula is C24H42O11. The maximum atomic E-state index is 10.4. The third-order valence-corrected chi connectivity index (χ3v) is 7.63. The van der Waals surface area contributed by atoms with Crippen molar-refractivity contribution in [3.05, 3.63) is 11.1 Å². The number of ether oxygens (including phenoxy) is 4. The van der Waals surface area contributed by atoms with Crippen LogP contribution < -0.4 is 0 Å². The molecule has 2 aliphatic heterocycles. The second kappa shape index (κ2) is 11.8. The monoisotopic (exact) mass is 506 g/mol. The summed E-state index contributed by atoms with van der Waals surface area (Å²) in [5, 5.41) is 70.8. The molecule has 3 aliphatic rings. The lowest BCUT2D eigenvalue weighted by atomic mass is 9.69. The van der Waals surface area contributed by atoms with E-state index in [0.717, 1.165) is 12.8 Å². The van der Waals surface area contributed by atoms with Gasteiger partial charge in [-0.25, -0.2) is 0 Å². The Kier molecular flexibility index (Phi) is 9.72. The Hall–Kier alpha value is -0.700. The van der Waals surface area contributed by atoms with E-state index in [1.54, 1.807) is 0 Å². The summed E-state index contributed by atoms with van der Waals surface area (Å²) < 4.78 is 22.2. The SMILES string of the molecule is CC1=C(CC[C@@H](C)O[C@@H]2O[C@H](CO[C@@H]3OC[C@H](O)[C@H](O)[C@H]3O)[C@@H](O)[C@H](O)[C@H]2O)C(C)(C)[C@H](O)CC1. The predicted molar refractivity (Wildman–Crippen MR) is 122 cm³/mol. The van der Waals surface area contributed by atoms with Crippen molar-refractivity contribution in [2.24, 2.45) is 5.41 Å². The average molecular weight is 507 g/mol. The summed E-state index contributed by atoms with van der Waals surface area (Å²) in [4.78, 5) is 0. The maximum absolute atomic E-state index is 10.4. The van der Waals surface area contributed by atoms with Crippen LogP contribution in [0.25, 0.3) is 0 Å². The quantitative estimate of drug-likeness (QED) is 0.199. The number of hydrogen-bond acceptors (Lipinski definition) is 11. The lowest BCUT2D eigenvalue weighted by molar-refractivity contribution is -0.326. The zero-order valence-corrected chi connectivity index (χ0v) is 20.9. The van der Waals surface area contributed by atoms with E-state index in [0.29, 0.717) is 12.8 Å². The summed E-state index contributed by atoms with van der Waals surface area (Å²) in [5.41, 5.74) is 2.12. The highest BCUT2D eigenvalue weighted by molar-refractivity contribution is 5.24. The van der Waals surface area contributed by atoms with Crippen molar-refractivity contribution in [1.82, 2.24) is 0 Å². The van der Waals surface area contributed by atoms with E-state index in [-0.39, 0.29) is 24.7 Å². The molecule has 2 fully saturated rings. The Morgan fingerprint density at radius 2 is 1.60 bits per heavy atom. The Balaban J connectivity index is 1.56. The molecule has 0 aromatic heterocycles. The van der Waals surface area contributed by atoms with Crippen molar-refractivity contribution >= 4 is 0 Å². The van der Waals surface area contributed by atoms with Gasteiger partial charge in [0.2, 0.25) is 0 Å². The number of allylic oxidation sites excluding steroid dienone is 1. The van der Waals surface area contributed by atoms with Crippen molar-refractivity contribution in [2.75, 3.05) is 13.2 Å². The molecule has 0 aromatic rings. The first kappa shape index (κ1) is 28.9. The first-order chi connectivity index (χ1) is 16.3. The molecule has 11 heteroatoms. The third-order valence-electron chi connectivity index (χ3n) is 7.63. The van der Waals surface area contributed by atoms with E-state index in [1.165, 1.54) is 11.1 Å². The molecule has 2 heterocycles. The van der Waals surface area contributed by atoms with Gasteiger partial charge in [0.15, 0.2) is 12.6 Å². The van der Waals surface area contributed by atoms with Gasteiger partial charge in [-0.1, -0.05) is 25.0 Å². The van der Waals surface area contributed by atoms with Gasteiger partial charge in [-0.15, -0.1) is 0 Å². The van der Waals surface area contributed by atoms with Gasteiger partial charge in [0.1, 0.15) is 42.7 Å². The molecule has 204 valence electrons. The summed E-state index contributed by atoms with van der Waals surface area (Å²) in [6, 6.07) is 0. The van der Waals surface area contributed by atoms with Crippen molar-refractivity contribution in [3.8, 4) is 0 Å². The Morgan fingerprint density at radius 3 is 2.29 bits per heavy atom. The van der Waals surface area contributed by atoms with Gasteiger partial charge in [-0.05, 0) is 39.5 Å².